The fourth-order valence-electron chi connectivity index (χ4n) is 1.13. The summed E-state index contributed by atoms with van der Waals surface area (Å²) in [4.78, 5) is 0. The van der Waals surface area contributed by atoms with Gasteiger partial charge in [0.2, 0.25) is 0 Å². The fraction of sp³-hybridized carbons (Fsp3) is 0.429. The SMILES string of the molecule is C=CCc1ccccc1.CCCCC. The van der Waals surface area contributed by atoms with Gasteiger partial charge >= 0.3 is 0 Å². The molecule has 0 saturated heterocycles. The number of allylic oxidation sites excluding steroid dienone is 1. The van der Waals surface area contributed by atoms with Gasteiger partial charge in [-0.3, -0.25) is 0 Å². The van der Waals surface area contributed by atoms with Gasteiger partial charge in [-0.05, 0) is 12.0 Å². The second-order valence-electron chi connectivity index (χ2n) is 3.33. The first-order valence-electron chi connectivity index (χ1n) is 5.49. The lowest BCUT2D eigenvalue weighted by Crippen LogP contribution is -1.75. The first-order valence-corrected chi connectivity index (χ1v) is 5.49. The lowest BCUT2D eigenvalue weighted by atomic mass is 10.2. The van der Waals surface area contributed by atoms with Crippen molar-refractivity contribution in [2.24, 2.45) is 0 Å². The third kappa shape index (κ3) is 7.60. The normalized spacial score (nSPS) is 8.71. The van der Waals surface area contributed by atoms with Gasteiger partial charge in [-0.25, -0.2) is 0 Å². The van der Waals surface area contributed by atoms with Crippen molar-refractivity contribution in [3.8, 4) is 0 Å². The van der Waals surface area contributed by atoms with Gasteiger partial charge in [0.25, 0.3) is 0 Å². The maximum absolute atomic E-state index is 3.66. The average Bonchev–Trinajstić information content (AvgIpc) is 2.22. The number of rotatable bonds is 4. The number of hydrogen-bond donors (Lipinski definition) is 0. The molecule has 0 amide bonds. The van der Waals surface area contributed by atoms with E-state index in [0.717, 1.165) is 6.42 Å². The summed E-state index contributed by atoms with van der Waals surface area (Å²) >= 11 is 0. The minimum atomic E-state index is 0.973. The van der Waals surface area contributed by atoms with Gasteiger partial charge in [0.05, 0.1) is 0 Å². The van der Waals surface area contributed by atoms with Crippen molar-refractivity contribution in [3.63, 3.8) is 0 Å². The van der Waals surface area contributed by atoms with Crippen LogP contribution in [0.15, 0.2) is 43.0 Å². The molecule has 0 fully saturated rings. The molecule has 0 N–H and O–H groups in total. The molecule has 0 heteroatoms. The average molecular weight is 190 g/mol. The molecule has 1 rings (SSSR count). The summed E-state index contributed by atoms with van der Waals surface area (Å²) in [7, 11) is 0. The van der Waals surface area contributed by atoms with Gasteiger partial charge in [0, 0.05) is 0 Å². The van der Waals surface area contributed by atoms with Crippen molar-refractivity contribution in [1.29, 1.82) is 0 Å². The molecule has 0 aliphatic rings. The quantitative estimate of drug-likeness (QED) is 0.608. The Morgan fingerprint density at radius 1 is 1.07 bits per heavy atom. The molecule has 0 heterocycles. The van der Waals surface area contributed by atoms with Gasteiger partial charge in [0.1, 0.15) is 0 Å². The number of benzene rings is 1. The Hall–Kier alpha value is -1.04. The molecule has 14 heavy (non-hydrogen) atoms. The zero-order valence-electron chi connectivity index (χ0n) is 9.50. The third-order valence-corrected chi connectivity index (χ3v) is 1.93. The van der Waals surface area contributed by atoms with E-state index in [1.54, 1.807) is 0 Å². The van der Waals surface area contributed by atoms with Crippen LogP contribution in [0.25, 0.3) is 0 Å². The molecule has 0 unspecified atom stereocenters. The third-order valence-electron chi connectivity index (χ3n) is 1.93. The van der Waals surface area contributed by atoms with Crippen molar-refractivity contribution >= 4 is 0 Å². The summed E-state index contributed by atoms with van der Waals surface area (Å²) in [5.74, 6) is 0. The Labute approximate surface area is 88.7 Å². The monoisotopic (exact) mass is 190 g/mol. The molecule has 0 saturated carbocycles. The maximum Gasteiger partial charge on any atom is -0.0100 e. The Morgan fingerprint density at radius 2 is 1.64 bits per heavy atom. The van der Waals surface area contributed by atoms with Crippen molar-refractivity contribution in [1.82, 2.24) is 0 Å². The van der Waals surface area contributed by atoms with Crippen LogP contribution in [0.5, 0.6) is 0 Å². The van der Waals surface area contributed by atoms with E-state index in [9.17, 15) is 0 Å². The molecule has 1 aromatic carbocycles. The molecular formula is C14H22. The predicted molar refractivity (Wildman–Crippen MR) is 65.5 cm³/mol. The van der Waals surface area contributed by atoms with Crippen LogP contribution < -0.4 is 0 Å². The Morgan fingerprint density at radius 3 is 2.00 bits per heavy atom. The van der Waals surface area contributed by atoms with Crippen LogP contribution in [0.1, 0.15) is 38.7 Å². The van der Waals surface area contributed by atoms with E-state index in [2.05, 4.69) is 32.6 Å². The molecule has 78 valence electrons. The highest BCUT2D eigenvalue weighted by Gasteiger charge is 1.82. The van der Waals surface area contributed by atoms with Crippen molar-refractivity contribution in [3.05, 3.63) is 48.6 Å². The second-order valence-corrected chi connectivity index (χ2v) is 3.33. The van der Waals surface area contributed by atoms with E-state index in [4.69, 9.17) is 0 Å². The molecule has 0 aliphatic heterocycles. The number of unbranched alkanes of at least 4 members (excludes halogenated alkanes) is 2. The zero-order valence-corrected chi connectivity index (χ0v) is 9.50. The van der Waals surface area contributed by atoms with E-state index in [0.29, 0.717) is 0 Å². The molecule has 0 aromatic heterocycles. The van der Waals surface area contributed by atoms with E-state index >= 15 is 0 Å². The topological polar surface area (TPSA) is 0 Å². The zero-order chi connectivity index (χ0) is 10.6. The van der Waals surface area contributed by atoms with E-state index < -0.39 is 0 Å². The lowest BCUT2D eigenvalue weighted by Gasteiger charge is -1.91. The van der Waals surface area contributed by atoms with Crippen LogP contribution in [-0.2, 0) is 6.42 Å². The molecular weight excluding hydrogens is 168 g/mol. The van der Waals surface area contributed by atoms with Crippen LogP contribution in [-0.4, -0.2) is 0 Å². The van der Waals surface area contributed by atoms with E-state index in [1.165, 1.54) is 24.8 Å². The number of hydrogen-bond acceptors (Lipinski definition) is 0. The van der Waals surface area contributed by atoms with Gasteiger partial charge in [-0.2, -0.15) is 0 Å². The molecule has 0 radical (unpaired) electrons. The van der Waals surface area contributed by atoms with Crippen LogP contribution in [0.2, 0.25) is 0 Å². The summed E-state index contributed by atoms with van der Waals surface area (Å²) in [5, 5.41) is 0. The van der Waals surface area contributed by atoms with Crippen LogP contribution >= 0.6 is 0 Å². The first kappa shape index (κ1) is 13.0. The standard InChI is InChI=1S/C9H10.C5H12/c1-2-6-9-7-4-3-5-8-9;1-3-5-4-2/h2-5,7-8H,1,6H2;3-5H2,1-2H3. The predicted octanol–water partition coefficient (Wildman–Crippen LogP) is 4.61. The van der Waals surface area contributed by atoms with E-state index in [-0.39, 0.29) is 0 Å². The summed E-state index contributed by atoms with van der Waals surface area (Å²) in [5.41, 5.74) is 1.33. The van der Waals surface area contributed by atoms with Crippen LogP contribution in [0, 0.1) is 0 Å². The van der Waals surface area contributed by atoms with Crippen molar-refractivity contribution in [2.45, 2.75) is 39.5 Å². The first-order chi connectivity index (χ1) is 6.85. The molecule has 0 bridgehead atoms. The molecule has 0 atom stereocenters. The Kier molecular flexibility index (Phi) is 9.30. The van der Waals surface area contributed by atoms with Crippen molar-refractivity contribution in [2.75, 3.05) is 0 Å². The Bertz CT molecular complexity index is 209. The summed E-state index contributed by atoms with van der Waals surface area (Å²) in [6.45, 7) is 8.08. The highest BCUT2D eigenvalue weighted by atomic mass is 13.9. The van der Waals surface area contributed by atoms with Gasteiger partial charge in [-0.15, -0.1) is 6.58 Å². The summed E-state index contributed by atoms with van der Waals surface area (Å²) in [6.07, 6.45) is 6.96. The van der Waals surface area contributed by atoms with E-state index in [1.807, 2.05) is 24.3 Å². The lowest BCUT2D eigenvalue weighted by molar-refractivity contribution is 0.772. The highest BCUT2D eigenvalue weighted by molar-refractivity contribution is 5.16. The molecule has 0 spiro atoms. The maximum atomic E-state index is 3.66. The summed E-state index contributed by atoms with van der Waals surface area (Å²) in [6, 6.07) is 10.3. The van der Waals surface area contributed by atoms with Gasteiger partial charge in [-0.1, -0.05) is 69.5 Å². The van der Waals surface area contributed by atoms with Gasteiger partial charge < -0.3 is 0 Å². The molecule has 0 nitrogen and oxygen atoms in total. The fourth-order valence-corrected chi connectivity index (χ4v) is 1.13. The smallest absolute Gasteiger partial charge is 0.0100 e. The Balaban J connectivity index is 0.000000292. The minimum Gasteiger partial charge on any atom is -0.103 e. The second kappa shape index (κ2) is 10.0. The van der Waals surface area contributed by atoms with Crippen LogP contribution in [0.3, 0.4) is 0 Å². The molecule has 0 aliphatic carbocycles. The minimum absolute atomic E-state index is 0.973. The highest BCUT2D eigenvalue weighted by Crippen LogP contribution is 1.98. The summed E-state index contributed by atoms with van der Waals surface area (Å²) < 4.78 is 0. The van der Waals surface area contributed by atoms with Crippen LogP contribution in [0.4, 0.5) is 0 Å². The molecule has 1 aromatic rings. The van der Waals surface area contributed by atoms with Gasteiger partial charge in [0.15, 0.2) is 0 Å². The largest absolute Gasteiger partial charge is 0.103 e. The van der Waals surface area contributed by atoms with Crippen molar-refractivity contribution < 1.29 is 0 Å².